The highest BCUT2D eigenvalue weighted by atomic mass is 19.1. The van der Waals surface area contributed by atoms with Crippen LogP contribution in [0.2, 0.25) is 0 Å². The van der Waals surface area contributed by atoms with E-state index in [4.69, 9.17) is 4.52 Å². The standard InChI is InChI=1S/C20H15F2N5O2/c21-16-2-1-14(18(22)7-16)9-24-20(28)19-8-17(29-26-19)12-27-11-15(10-25-27)13-3-5-23-6-4-13/h1-8,10-11H,9,12H2,(H,24,28). The summed E-state index contributed by atoms with van der Waals surface area (Å²) in [4.78, 5) is 16.2. The summed E-state index contributed by atoms with van der Waals surface area (Å²) in [5, 5.41) is 10.5. The predicted molar refractivity (Wildman–Crippen MR) is 98.6 cm³/mol. The summed E-state index contributed by atoms with van der Waals surface area (Å²) in [6.07, 6.45) is 6.96. The van der Waals surface area contributed by atoms with Gasteiger partial charge in [0.05, 0.1) is 6.20 Å². The van der Waals surface area contributed by atoms with E-state index in [-0.39, 0.29) is 24.3 Å². The summed E-state index contributed by atoms with van der Waals surface area (Å²) in [6, 6.07) is 8.41. The summed E-state index contributed by atoms with van der Waals surface area (Å²) < 4.78 is 33.4. The first-order chi connectivity index (χ1) is 14.1. The molecule has 0 atom stereocenters. The zero-order valence-electron chi connectivity index (χ0n) is 15.0. The molecule has 0 aliphatic rings. The minimum Gasteiger partial charge on any atom is -0.359 e. The van der Waals surface area contributed by atoms with Crippen molar-refractivity contribution < 1.29 is 18.1 Å². The normalized spacial score (nSPS) is 10.8. The molecule has 0 fully saturated rings. The number of halogens is 2. The Bertz CT molecular complexity index is 1140. The third-order valence-corrected chi connectivity index (χ3v) is 4.21. The fourth-order valence-corrected chi connectivity index (χ4v) is 2.73. The zero-order valence-corrected chi connectivity index (χ0v) is 15.0. The number of hydrogen-bond acceptors (Lipinski definition) is 5. The molecule has 0 radical (unpaired) electrons. The highest BCUT2D eigenvalue weighted by Crippen LogP contribution is 2.17. The van der Waals surface area contributed by atoms with Gasteiger partial charge in [-0.2, -0.15) is 5.10 Å². The molecule has 1 N–H and O–H groups in total. The number of nitrogens with one attached hydrogen (secondary N) is 1. The van der Waals surface area contributed by atoms with E-state index in [1.807, 2.05) is 18.3 Å². The molecule has 0 saturated carbocycles. The van der Waals surface area contributed by atoms with Crippen LogP contribution in [0.4, 0.5) is 8.78 Å². The van der Waals surface area contributed by atoms with Gasteiger partial charge in [0.15, 0.2) is 11.5 Å². The van der Waals surface area contributed by atoms with Crippen LogP contribution in [-0.4, -0.2) is 25.8 Å². The van der Waals surface area contributed by atoms with Crippen LogP contribution < -0.4 is 5.32 Å². The van der Waals surface area contributed by atoms with Gasteiger partial charge in [-0.3, -0.25) is 14.5 Å². The molecule has 1 aromatic carbocycles. The number of amides is 1. The van der Waals surface area contributed by atoms with Crippen molar-refractivity contribution in [3.05, 3.63) is 89.8 Å². The van der Waals surface area contributed by atoms with E-state index < -0.39 is 17.5 Å². The van der Waals surface area contributed by atoms with Crippen LogP contribution in [0.1, 0.15) is 21.8 Å². The molecule has 4 aromatic rings. The molecule has 4 rings (SSSR count). The smallest absolute Gasteiger partial charge is 0.273 e. The van der Waals surface area contributed by atoms with Gasteiger partial charge in [0.2, 0.25) is 0 Å². The van der Waals surface area contributed by atoms with Gasteiger partial charge < -0.3 is 9.84 Å². The van der Waals surface area contributed by atoms with Gasteiger partial charge in [-0.1, -0.05) is 11.2 Å². The fraction of sp³-hybridized carbons (Fsp3) is 0.100. The number of carbonyl (C=O) groups is 1. The Balaban J connectivity index is 1.38. The summed E-state index contributed by atoms with van der Waals surface area (Å²) in [5.41, 5.74) is 2.14. The Kier molecular flexibility index (Phi) is 5.10. The third-order valence-electron chi connectivity index (χ3n) is 4.21. The van der Waals surface area contributed by atoms with E-state index in [2.05, 4.69) is 20.6 Å². The Morgan fingerprint density at radius 2 is 1.93 bits per heavy atom. The van der Waals surface area contributed by atoms with Gasteiger partial charge in [-0.25, -0.2) is 8.78 Å². The van der Waals surface area contributed by atoms with Crippen LogP contribution in [0.5, 0.6) is 0 Å². The number of hydrogen-bond donors (Lipinski definition) is 1. The summed E-state index contributed by atoms with van der Waals surface area (Å²) in [7, 11) is 0. The fourth-order valence-electron chi connectivity index (χ4n) is 2.73. The quantitative estimate of drug-likeness (QED) is 0.542. The monoisotopic (exact) mass is 395 g/mol. The van der Waals surface area contributed by atoms with Crippen LogP contribution in [0.25, 0.3) is 11.1 Å². The van der Waals surface area contributed by atoms with Crippen LogP contribution in [0.3, 0.4) is 0 Å². The largest absolute Gasteiger partial charge is 0.359 e. The van der Waals surface area contributed by atoms with Crippen molar-refractivity contribution in [3.8, 4) is 11.1 Å². The minimum absolute atomic E-state index is 0.0593. The molecule has 3 heterocycles. The number of rotatable bonds is 6. The third kappa shape index (κ3) is 4.34. The summed E-state index contributed by atoms with van der Waals surface area (Å²) in [6.45, 7) is 0.194. The van der Waals surface area contributed by atoms with Crippen LogP contribution >= 0.6 is 0 Å². The second-order valence-corrected chi connectivity index (χ2v) is 6.26. The first-order valence-corrected chi connectivity index (χ1v) is 8.69. The van der Waals surface area contributed by atoms with E-state index in [9.17, 15) is 13.6 Å². The molecule has 7 nitrogen and oxygen atoms in total. The molecule has 0 bridgehead atoms. The molecule has 3 aromatic heterocycles. The second-order valence-electron chi connectivity index (χ2n) is 6.26. The minimum atomic E-state index is -0.727. The topological polar surface area (TPSA) is 85.8 Å². The van der Waals surface area contributed by atoms with Crippen LogP contribution in [0, 0.1) is 11.6 Å². The highest BCUT2D eigenvalue weighted by molar-refractivity contribution is 5.92. The van der Waals surface area contributed by atoms with Crippen molar-refractivity contribution in [2.45, 2.75) is 13.1 Å². The Morgan fingerprint density at radius 1 is 1.10 bits per heavy atom. The molecule has 146 valence electrons. The molecule has 0 unspecified atom stereocenters. The lowest BCUT2D eigenvalue weighted by Crippen LogP contribution is -2.23. The van der Waals surface area contributed by atoms with Gasteiger partial charge in [0.1, 0.15) is 18.2 Å². The molecule has 1 amide bonds. The average Bonchev–Trinajstić information content (AvgIpc) is 3.38. The lowest BCUT2D eigenvalue weighted by Gasteiger charge is -2.04. The Hall–Kier alpha value is -3.88. The van der Waals surface area contributed by atoms with E-state index in [0.717, 1.165) is 23.3 Å². The van der Waals surface area contributed by atoms with Crippen molar-refractivity contribution in [2.75, 3.05) is 0 Å². The first kappa shape index (κ1) is 18.5. The zero-order chi connectivity index (χ0) is 20.2. The number of carbonyl (C=O) groups excluding carboxylic acids is 1. The van der Waals surface area contributed by atoms with Crippen molar-refractivity contribution in [1.82, 2.24) is 25.2 Å². The SMILES string of the molecule is O=C(NCc1ccc(F)cc1F)c1cc(Cn2cc(-c3ccncc3)cn2)on1. The van der Waals surface area contributed by atoms with E-state index in [1.54, 1.807) is 23.3 Å². The Labute approximate surface area is 164 Å². The maximum absolute atomic E-state index is 13.6. The van der Waals surface area contributed by atoms with E-state index in [1.165, 1.54) is 12.1 Å². The molecular weight excluding hydrogens is 380 g/mol. The van der Waals surface area contributed by atoms with Crippen molar-refractivity contribution in [2.24, 2.45) is 0 Å². The first-order valence-electron chi connectivity index (χ1n) is 8.69. The predicted octanol–water partition coefficient (Wildman–Crippen LogP) is 3.19. The lowest BCUT2D eigenvalue weighted by atomic mass is 10.1. The number of nitrogens with zero attached hydrogens (tertiary/aromatic N) is 4. The van der Waals surface area contributed by atoms with Gasteiger partial charge >= 0.3 is 0 Å². The maximum atomic E-state index is 13.6. The van der Waals surface area contributed by atoms with Crippen LogP contribution in [0.15, 0.2) is 65.7 Å². The van der Waals surface area contributed by atoms with Gasteiger partial charge in [0, 0.05) is 48.4 Å². The van der Waals surface area contributed by atoms with E-state index >= 15 is 0 Å². The lowest BCUT2D eigenvalue weighted by molar-refractivity contribution is 0.0941. The highest BCUT2D eigenvalue weighted by Gasteiger charge is 2.14. The number of benzene rings is 1. The summed E-state index contributed by atoms with van der Waals surface area (Å²) >= 11 is 0. The van der Waals surface area contributed by atoms with Crippen molar-refractivity contribution in [3.63, 3.8) is 0 Å². The second kappa shape index (κ2) is 8.01. The van der Waals surface area contributed by atoms with Crippen LogP contribution in [-0.2, 0) is 13.1 Å². The van der Waals surface area contributed by atoms with E-state index in [0.29, 0.717) is 5.76 Å². The Morgan fingerprint density at radius 3 is 2.72 bits per heavy atom. The van der Waals surface area contributed by atoms with Gasteiger partial charge in [-0.15, -0.1) is 0 Å². The van der Waals surface area contributed by atoms with Crippen molar-refractivity contribution >= 4 is 5.91 Å². The average molecular weight is 395 g/mol. The van der Waals surface area contributed by atoms with Crippen molar-refractivity contribution in [1.29, 1.82) is 0 Å². The molecule has 0 spiro atoms. The molecule has 0 aliphatic carbocycles. The number of aromatic nitrogens is 4. The molecule has 9 heteroatoms. The molecule has 0 aliphatic heterocycles. The van der Waals surface area contributed by atoms with Gasteiger partial charge in [0.25, 0.3) is 5.91 Å². The number of pyridine rings is 1. The summed E-state index contributed by atoms with van der Waals surface area (Å²) in [5.74, 6) is -1.49. The maximum Gasteiger partial charge on any atom is 0.273 e. The van der Waals surface area contributed by atoms with Gasteiger partial charge in [-0.05, 0) is 23.8 Å². The molecule has 29 heavy (non-hydrogen) atoms. The molecular formula is C20H15F2N5O2. The molecule has 0 saturated heterocycles.